The van der Waals surface area contributed by atoms with Crippen molar-refractivity contribution >= 4 is 21.9 Å². The average Bonchev–Trinajstić information content (AvgIpc) is 2.80. The highest BCUT2D eigenvalue weighted by Gasteiger charge is 2.42. The number of benzene rings is 1. The first kappa shape index (κ1) is 13.9. The van der Waals surface area contributed by atoms with E-state index in [-0.39, 0.29) is 6.10 Å². The van der Waals surface area contributed by atoms with Crippen molar-refractivity contribution in [2.24, 2.45) is 0 Å². The van der Waals surface area contributed by atoms with Crippen LogP contribution in [0.25, 0.3) is 0 Å². The molecule has 0 bridgehead atoms. The normalized spacial score (nSPS) is 24.0. The summed E-state index contributed by atoms with van der Waals surface area (Å²) in [5.41, 5.74) is 1.36. The summed E-state index contributed by atoms with van der Waals surface area (Å²) in [5, 5.41) is 9.79. The Balaban J connectivity index is 2.07. The van der Waals surface area contributed by atoms with Crippen molar-refractivity contribution in [3.05, 3.63) is 27.7 Å². The molecular weight excluding hydrogens is 320 g/mol. The van der Waals surface area contributed by atoms with Crippen LogP contribution >= 0.6 is 15.9 Å². The maximum Gasteiger partial charge on any atom is 0.314 e. The molecule has 2 aliphatic rings. The zero-order valence-corrected chi connectivity index (χ0v) is 13.2. The molecule has 1 unspecified atom stereocenters. The maximum atomic E-state index is 11.9. The smallest absolute Gasteiger partial charge is 0.314 e. The summed E-state index contributed by atoms with van der Waals surface area (Å²) < 4.78 is 6.67. The number of aliphatic carboxylic acids is 1. The van der Waals surface area contributed by atoms with E-state index in [9.17, 15) is 9.90 Å². The van der Waals surface area contributed by atoms with Crippen LogP contribution in [0.1, 0.15) is 50.2 Å². The first-order valence-corrected chi connectivity index (χ1v) is 8.05. The number of carboxylic acid groups (broad SMARTS) is 1. The Labute approximate surface area is 127 Å². The molecule has 1 aromatic carbocycles. The standard InChI is InChI=1S/C16H19BrO3/c1-10-7-11-8-12(9-13(17)14(11)20-10)16(15(18)19)5-3-2-4-6-16/h8-10H,2-7H2,1H3,(H,18,19). The molecule has 1 fully saturated rings. The molecule has 3 nitrogen and oxygen atoms in total. The van der Waals surface area contributed by atoms with Gasteiger partial charge < -0.3 is 9.84 Å². The minimum Gasteiger partial charge on any atom is -0.489 e. The average molecular weight is 339 g/mol. The van der Waals surface area contributed by atoms with Crippen molar-refractivity contribution in [2.45, 2.75) is 57.0 Å². The third kappa shape index (κ3) is 2.14. The van der Waals surface area contributed by atoms with Gasteiger partial charge in [0.05, 0.1) is 9.89 Å². The Hall–Kier alpha value is -1.03. The number of hydrogen-bond acceptors (Lipinski definition) is 2. The number of carboxylic acids is 1. The molecule has 0 radical (unpaired) electrons. The summed E-state index contributed by atoms with van der Waals surface area (Å²) in [4.78, 5) is 11.9. The Morgan fingerprint density at radius 1 is 1.35 bits per heavy atom. The Bertz CT molecular complexity index is 547. The van der Waals surface area contributed by atoms with Crippen molar-refractivity contribution in [3.8, 4) is 5.75 Å². The number of hydrogen-bond donors (Lipinski definition) is 1. The highest BCUT2D eigenvalue weighted by Crippen LogP contribution is 2.45. The molecule has 20 heavy (non-hydrogen) atoms. The quantitative estimate of drug-likeness (QED) is 0.884. The van der Waals surface area contributed by atoms with Crippen molar-refractivity contribution in [1.29, 1.82) is 0 Å². The Kier molecular flexibility index (Phi) is 3.53. The van der Waals surface area contributed by atoms with Crippen LogP contribution in [0.15, 0.2) is 16.6 Å². The zero-order valence-electron chi connectivity index (χ0n) is 11.6. The fourth-order valence-corrected chi connectivity index (χ4v) is 4.14. The van der Waals surface area contributed by atoms with Crippen molar-refractivity contribution < 1.29 is 14.6 Å². The maximum absolute atomic E-state index is 11.9. The molecule has 1 saturated carbocycles. The minimum absolute atomic E-state index is 0.170. The predicted molar refractivity (Wildman–Crippen MR) is 80.3 cm³/mol. The Morgan fingerprint density at radius 3 is 2.70 bits per heavy atom. The van der Waals surface area contributed by atoms with Gasteiger partial charge in [-0.25, -0.2) is 0 Å². The van der Waals surface area contributed by atoms with Gasteiger partial charge in [0, 0.05) is 6.42 Å². The van der Waals surface area contributed by atoms with Gasteiger partial charge in [0.15, 0.2) is 0 Å². The highest BCUT2D eigenvalue weighted by atomic mass is 79.9. The summed E-state index contributed by atoms with van der Waals surface area (Å²) >= 11 is 3.55. The molecule has 1 heterocycles. The molecule has 0 aromatic heterocycles. The van der Waals surface area contributed by atoms with Crippen LogP contribution < -0.4 is 4.74 Å². The van der Waals surface area contributed by atoms with Gasteiger partial charge in [0.2, 0.25) is 0 Å². The van der Waals surface area contributed by atoms with Crippen LogP contribution in [0.3, 0.4) is 0 Å². The predicted octanol–water partition coefficient (Wildman–Crippen LogP) is 4.06. The lowest BCUT2D eigenvalue weighted by Crippen LogP contribution is -2.37. The van der Waals surface area contributed by atoms with E-state index in [1.54, 1.807) is 0 Å². The van der Waals surface area contributed by atoms with Gasteiger partial charge in [0.1, 0.15) is 11.9 Å². The van der Waals surface area contributed by atoms with Gasteiger partial charge in [-0.15, -0.1) is 0 Å². The zero-order chi connectivity index (χ0) is 14.3. The molecule has 1 atom stereocenters. The Morgan fingerprint density at radius 2 is 2.05 bits per heavy atom. The van der Waals surface area contributed by atoms with E-state index < -0.39 is 11.4 Å². The van der Waals surface area contributed by atoms with Gasteiger partial charge in [-0.3, -0.25) is 4.79 Å². The third-order valence-corrected chi connectivity index (χ3v) is 5.21. The largest absolute Gasteiger partial charge is 0.489 e. The fraction of sp³-hybridized carbons (Fsp3) is 0.562. The van der Waals surface area contributed by atoms with Crippen molar-refractivity contribution in [1.82, 2.24) is 0 Å². The second kappa shape index (κ2) is 5.06. The first-order chi connectivity index (χ1) is 9.53. The molecule has 4 heteroatoms. The topological polar surface area (TPSA) is 46.5 Å². The number of carbonyl (C=O) groups is 1. The van der Waals surface area contributed by atoms with Crippen LogP contribution in [-0.2, 0) is 16.6 Å². The summed E-state index contributed by atoms with van der Waals surface area (Å²) in [6, 6.07) is 4.01. The molecule has 0 spiro atoms. The van der Waals surface area contributed by atoms with E-state index in [0.29, 0.717) is 0 Å². The molecular formula is C16H19BrO3. The van der Waals surface area contributed by atoms with Crippen LogP contribution in [0.2, 0.25) is 0 Å². The second-order valence-electron chi connectivity index (χ2n) is 6.03. The van der Waals surface area contributed by atoms with E-state index in [2.05, 4.69) is 22.0 Å². The summed E-state index contributed by atoms with van der Waals surface area (Å²) in [6.07, 6.45) is 5.64. The fourth-order valence-electron chi connectivity index (χ4n) is 3.54. The monoisotopic (exact) mass is 338 g/mol. The molecule has 1 aliphatic carbocycles. The van der Waals surface area contributed by atoms with Gasteiger partial charge in [-0.1, -0.05) is 25.3 Å². The minimum atomic E-state index is -0.707. The summed E-state index contributed by atoms with van der Waals surface area (Å²) in [6.45, 7) is 2.04. The van der Waals surface area contributed by atoms with E-state index in [1.807, 2.05) is 13.0 Å². The van der Waals surface area contributed by atoms with Gasteiger partial charge in [-0.05, 0) is 52.9 Å². The van der Waals surface area contributed by atoms with Crippen LogP contribution in [0.4, 0.5) is 0 Å². The van der Waals surface area contributed by atoms with Gasteiger partial charge >= 0.3 is 5.97 Å². The SMILES string of the molecule is CC1Cc2cc(C3(C(=O)O)CCCCC3)cc(Br)c2O1. The van der Waals surface area contributed by atoms with Gasteiger partial charge in [0.25, 0.3) is 0 Å². The lowest BCUT2D eigenvalue weighted by atomic mass is 9.69. The second-order valence-corrected chi connectivity index (χ2v) is 6.88. The van der Waals surface area contributed by atoms with Crippen molar-refractivity contribution in [2.75, 3.05) is 0 Å². The summed E-state index contributed by atoms with van der Waals surface area (Å²) in [7, 11) is 0. The lowest BCUT2D eigenvalue weighted by molar-refractivity contribution is -0.145. The highest BCUT2D eigenvalue weighted by molar-refractivity contribution is 9.10. The van der Waals surface area contributed by atoms with Crippen LogP contribution in [0.5, 0.6) is 5.75 Å². The summed E-state index contributed by atoms with van der Waals surface area (Å²) in [5.74, 6) is 0.202. The molecule has 0 amide bonds. The van der Waals surface area contributed by atoms with Gasteiger partial charge in [-0.2, -0.15) is 0 Å². The van der Waals surface area contributed by atoms with Crippen molar-refractivity contribution in [3.63, 3.8) is 0 Å². The van der Waals surface area contributed by atoms with Crippen LogP contribution in [0, 0.1) is 0 Å². The first-order valence-electron chi connectivity index (χ1n) is 7.26. The number of fused-ring (bicyclic) bond motifs is 1. The molecule has 1 aliphatic heterocycles. The van der Waals surface area contributed by atoms with E-state index in [0.717, 1.165) is 59.9 Å². The molecule has 3 rings (SSSR count). The molecule has 0 saturated heterocycles. The third-order valence-electron chi connectivity index (χ3n) is 4.62. The van der Waals surface area contributed by atoms with E-state index in [4.69, 9.17) is 4.74 Å². The van der Waals surface area contributed by atoms with E-state index in [1.165, 1.54) is 0 Å². The van der Waals surface area contributed by atoms with E-state index >= 15 is 0 Å². The molecule has 108 valence electrons. The number of ether oxygens (including phenoxy) is 1. The molecule has 1 N–H and O–H groups in total. The number of halogens is 1. The number of rotatable bonds is 2. The lowest BCUT2D eigenvalue weighted by Gasteiger charge is -2.34. The van der Waals surface area contributed by atoms with Crippen LogP contribution in [-0.4, -0.2) is 17.2 Å². The molecule has 1 aromatic rings.